The van der Waals surface area contributed by atoms with Crippen LogP contribution >= 0.6 is 0 Å². The van der Waals surface area contributed by atoms with Gasteiger partial charge >= 0.3 is 0 Å². The van der Waals surface area contributed by atoms with E-state index in [9.17, 15) is 4.79 Å². The molecule has 2 N–H and O–H groups in total. The molecule has 0 radical (unpaired) electrons. The van der Waals surface area contributed by atoms with Gasteiger partial charge in [-0.1, -0.05) is 25.1 Å². The Morgan fingerprint density at radius 2 is 2.15 bits per heavy atom. The number of benzene rings is 1. The second-order valence-corrected chi connectivity index (χ2v) is 2.72. The molecule has 0 saturated carbocycles. The molecule has 1 rings (SSSR count). The van der Waals surface area contributed by atoms with Crippen molar-refractivity contribution in [3.8, 4) is 5.75 Å². The largest absolute Gasteiger partial charge is 0.484 e. The number of carbonyl (C=O) groups excluding carboxylic acids is 1. The van der Waals surface area contributed by atoms with Gasteiger partial charge in [-0.25, -0.2) is 0 Å². The lowest BCUT2D eigenvalue weighted by molar-refractivity contribution is -0.119. The van der Waals surface area contributed by atoms with Gasteiger partial charge in [0.15, 0.2) is 6.61 Å². The number of rotatable bonds is 4. The molecule has 0 fully saturated rings. The van der Waals surface area contributed by atoms with Gasteiger partial charge in [-0.05, 0) is 18.1 Å². The van der Waals surface area contributed by atoms with Crippen molar-refractivity contribution in [3.05, 3.63) is 29.8 Å². The van der Waals surface area contributed by atoms with E-state index in [0.717, 1.165) is 17.7 Å². The summed E-state index contributed by atoms with van der Waals surface area (Å²) in [7, 11) is 0. The Labute approximate surface area is 77.5 Å². The zero-order valence-corrected chi connectivity index (χ0v) is 7.62. The summed E-state index contributed by atoms with van der Waals surface area (Å²) >= 11 is 0. The lowest BCUT2D eigenvalue weighted by Crippen LogP contribution is -2.20. The van der Waals surface area contributed by atoms with Crippen molar-refractivity contribution in [2.75, 3.05) is 6.61 Å². The van der Waals surface area contributed by atoms with Crippen molar-refractivity contribution < 1.29 is 9.53 Å². The van der Waals surface area contributed by atoms with Crippen LogP contribution in [0.2, 0.25) is 0 Å². The van der Waals surface area contributed by atoms with Gasteiger partial charge in [0.2, 0.25) is 0 Å². The van der Waals surface area contributed by atoms with Crippen molar-refractivity contribution >= 4 is 5.91 Å². The van der Waals surface area contributed by atoms with Crippen LogP contribution in [-0.2, 0) is 11.2 Å². The molecular weight excluding hydrogens is 166 g/mol. The quantitative estimate of drug-likeness (QED) is 0.752. The molecule has 0 aliphatic rings. The molecule has 0 unspecified atom stereocenters. The number of amides is 1. The van der Waals surface area contributed by atoms with Crippen molar-refractivity contribution in [2.45, 2.75) is 13.3 Å². The van der Waals surface area contributed by atoms with Crippen LogP contribution in [0.3, 0.4) is 0 Å². The number of aryl methyl sites for hydroxylation is 1. The normalized spacial score (nSPS) is 9.62. The molecule has 3 heteroatoms. The first-order valence-electron chi connectivity index (χ1n) is 4.23. The molecule has 1 amide bonds. The molecule has 0 aromatic heterocycles. The predicted octanol–water partition coefficient (Wildman–Crippen LogP) is 1.11. The molecule has 3 nitrogen and oxygen atoms in total. The van der Waals surface area contributed by atoms with Gasteiger partial charge in [0, 0.05) is 0 Å². The van der Waals surface area contributed by atoms with Crippen LogP contribution in [0.15, 0.2) is 24.3 Å². The monoisotopic (exact) mass is 179 g/mol. The fourth-order valence-corrected chi connectivity index (χ4v) is 1.09. The van der Waals surface area contributed by atoms with E-state index in [4.69, 9.17) is 10.5 Å². The molecule has 0 aliphatic heterocycles. The smallest absolute Gasteiger partial charge is 0.255 e. The Bertz CT molecular complexity index is 297. The second kappa shape index (κ2) is 4.50. The summed E-state index contributed by atoms with van der Waals surface area (Å²) in [5, 5.41) is 0. The van der Waals surface area contributed by atoms with E-state index < -0.39 is 5.91 Å². The minimum absolute atomic E-state index is 0.0585. The van der Waals surface area contributed by atoms with Crippen LogP contribution in [0.1, 0.15) is 12.5 Å². The second-order valence-electron chi connectivity index (χ2n) is 2.72. The van der Waals surface area contributed by atoms with E-state index >= 15 is 0 Å². The van der Waals surface area contributed by atoms with Crippen molar-refractivity contribution in [3.63, 3.8) is 0 Å². The Balaban J connectivity index is 2.69. The average molecular weight is 179 g/mol. The molecule has 13 heavy (non-hydrogen) atoms. The predicted molar refractivity (Wildman–Crippen MR) is 50.5 cm³/mol. The molecule has 0 saturated heterocycles. The highest BCUT2D eigenvalue weighted by molar-refractivity contribution is 5.75. The van der Waals surface area contributed by atoms with E-state index in [2.05, 4.69) is 0 Å². The molecule has 1 aromatic carbocycles. The van der Waals surface area contributed by atoms with Gasteiger partial charge < -0.3 is 10.5 Å². The van der Waals surface area contributed by atoms with Crippen molar-refractivity contribution in [1.29, 1.82) is 0 Å². The third-order valence-electron chi connectivity index (χ3n) is 1.72. The fraction of sp³-hybridized carbons (Fsp3) is 0.300. The van der Waals surface area contributed by atoms with Gasteiger partial charge in [-0.15, -0.1) is 0 Å². The van der Waals surface area contributed by atoms with Crippen LogP contribution in [0.25, 0.3) is 0 Å². The molecule has 1 aromatic rings. The van der Waals surface area contributed by atoms with E-state index in [1.165, 1.54) is 0 Å². The number of hydrogen-bond donors (Lipinski definition) is 1. The molecule has 70 valence electrons. The Morgan fingerprint density at radius 1 is 1.46 bits per heavy atom. The topological polar surface area (TPSA) is 52.3 Å². The van der Waals surface area contributed by atoms with Crippen LogP contribution in [0, 0.1) is 0 Å². The van der Waals surface area contributed by atoms with Crippen molar-refractivity contribution in [2.24, 2.45) is 5.73 Å². The van der Waals surface area contributed by atoms with Crippen LogP contribution in [0.4, 0.5) is 0 Å². The highest BCUT2D eigenvalue weighted by Gasteiger charge is 2.01. The van der Waals surface area contributed by atoms with Gasteiger partial charge in [0.25, 0.3) is 5.91 Å². The summed E-state index contributed by atoms with van der Waals surface area (Å²) in [5.41, 5.74) is 6.05. The van der Waals surface area contributed by atoms with Gasteiger partial charge in [0.1, 0.15) is 5.75 Å². The average Bonchev–Trinajstić information content (AvgIpc) is 2.15. The standard InChI is InChI=1S/C10H13NO2/c1-2-8-5-3-4-6-9(8)13-7-10(11)12/h3-6H,2,7H2,1H3,(H2,11,12). The molecule has 0 aliphatic carbocycles. The highest BCUT2D eigenvalue weighted by atomic mass is 16.5. The summed E-state index contributed by atoms with van der Waals surface area (Å²) < 4.78 is 5.21. The molecule has 0 bridgehead atoms. The Kier molecular flexibility index (Phi) is 3.31. The Morgan fingerprint density at radius 3 is 2.77 bits per heavy atom. The first-order chi connectivity index (χ1) is 6.24. The molecule has 0 atom stereocenters. The van der Waals surface area contributed by atoms with E-state index in [1.54, 1.807) is 0 Å². The molecule has 0 spiro atoms. The maximum atomic E-state index is 10.5. The van der Waals surface area contributed by atoms with E-state index in [0.29, 0.717) is 0 Å². The maximum absolute atomic E-state index is 10.5. The summed E-state index contributed by atoms with van der Waals surface area (Å²) in [4.78, 5) is 10.5. The third kappa shape index (κ3) is 2.78. The van der Waals surface area contributed by atoms with Crippen LogP contribution in [0.5, 0.6) is 5.75 Å². The van der Waals surface area contributed by atoms with Gasteiger partial charge in [-0.3, -0.25) is 4.79 Å². The van der Waals surface area contributed by atoms with E-state index in [1.807, 2.05) is 31.2 Å². The summed E-state index contributed by atoms with van der Waals surface area (Å²) in [5.74, 6) is 0.287. The first kappa shape index (κ1) is 9.58. The highest BCUT2D eigenvalue weighted by Crippen LogP contribution is 2.17. The fourth-order valence-electron chi connectivity index (χ4n) is 1.09. The van der Waals surface area contributed by atoms with Crippen LogP contribution < -0.4 is 10.5 Å². The zero-order valence-electron chi connectivity index (χ0n) is 7.62. The number of carbonyl (C=O) groups is 1. The van der Waals surface area contributed by atoms with E-state index in [-0.39, 0.29) is 6.61 Å². The van der Waals surface area contributed by atoms with Crippen molar-refractivity contribution in [1.82, 2.24) is 0 Å². The number of primary amides is 1. The van der Waals surface area contributed by atoms with Gasteiger partial charge in [-0.2, -0.15) is 0 Å². The summed E-state index contributed by atoms with van der Waals surface area (Å²) in [6, 6.07) is 7.61. The number of para-hydroxylation sites is 1. The SMILES string of the molecule is CCc1ccccc1OCC(N)=O. The lowest BCUT2D eigenvalue weighted by Gasteiger charge is -2.07. The zero-order chi connectivity index (χ0) is 9.68. The third-order valence-corrected chi connectivity index (χ3v) is 1.72. The lowest BCUT2D eigenvalue weighted by atomic mass is 10.1. The molecular formula is C10H13NO2. The minimum Gasteiger partial charge on any atom is -0.484 e. The number of ether oxygens (including phenoxy) is 1. The van der Waals surface area contributed by atoms with Crippen LogP contribution in [-0.4, -0.2) is 12.5 Å². The summed E-state index contributed by atoms with van der Waals surface area (Å²) in [6.45, 7) is 1.98. The number of hydrogen-bond acceptors (Lipinski definition) is 2. The Hall–Kier alpha value is -1.51. The molecule has 0 heterocycles. The maximum Gasteiger partial charge on any atom is 0.255 e. The van der Waals surface area contributed by atoms with Gasteiger partial charge in [0.05, 0.1) is 0 Å². The first-order valence-corrected chi connectivity index (χ1v) is 4.23. The number of nitrogens with two attached hydrogens (primary N) is 1. The summed E-state index contributed by atoms with van der Waals surface area (Å²) in [6.07, 6.45) is 0.884. The minimum atomic E-state index is -0.453.